The van der Waals surface area contributed by atoms with Crippen LogP contribution in [0.4, 0.5) is 17.6 Å². The molecule has 7 rings (SSSR count). The zero-order valence-electron chi connectivity index (χ0n) is 24.8. The van der Waals surface area contributed by atoms with E-state index in [1.165, 1.54) is 18.3 Å². The number of rotatable bonds is 7. The van der Waals surface area contributed by atoms with E-state index in [2.05, 4.69) is 26.0 Å². The van der Waals surface area contributed by atoms with Gasteiger partial charge in [-0.25, -0.2) is 9.37 Å². The van der Waals surface area contributed by atoms with Gasteiger partial charge in [-0.2, -0.15) is 23.5 Å². The number of aromatic nitrogens is 4. The standard InChI is InChI=1S/C33H29ClF4N6O2/c1-31(22-5-6-24(34)25(35)14-22)45-27-4-2-3-23(28(27)46-31)19-7-11-44(12-8-19)17-26-20(15-32(18-39)9-10-32)13-21(16-40-26)29-41-30(43-42-29)33(36,37)38/h2-6,13-14,16,19H,7-12,15,17H2,1H3,(H,41,42,43)/t31-/m0/s1. The van der Waals surface area contributed by atoms with E-state index in [4.69, 9.17) is 21.1 Å². The molecule has 8 nitrogen and oxygen atoms in total. The molecule has 13 heteroatoms. The molecule has 1 saturated heterocycles. The summed E-state index contributed by atoms with van der Waals surface area (Å²) in [5, 5.41) is 15.5. The van der Waals surface area contributed by atoms with Crippen molar-refractivity contribution < 1.29 is 27.0 Å². The minimum Gasteiger partial charge on any atom is -0.445 e. The second-order valence-electron chi connectivity index (χ2n) is 12.4. The Labute approximate surface area is 267 Å². The first-order chi connectivity index (χ1) is 22.0. The number of aromatic amines is 1. The summed E-state index contributed by atoms with van der Waals surface area (Å²) in [7, 11) is 0. The van der Waals surface area contributed by atoms with Crippen molar-refractivity contribution in [2.24, 2.45) is 5.41 Å². The maximum absolute atomic E-state index is 14.2. The highest BCUT2D eigenvalue weighted by Crippen LogP contribution is 2.50. The van der Waals surface area contributed by atoms with Crippen LogP contribution in [0.25, 0.3) is 11.4 Å². The highest BCUT2D eigenvalue weighted by Gasteiger charge is 2.44. The predicted octanol–water partition coefficient (Wildman–Crippen LogP) is 7.55. The van der Waals surface area contributed by atoms with Crippen molar-refractivity contribution in [3.63, 3.8) is 0 Å². The molecular weight excluding hydrogens is 624 g/mol. The van der Waals surface area contributed by atoms with Crippen LogP contribution in [0.2, 0.25) is 5.02 Å². The summed E-state index contributed by atoms with van der Waals surface area (Å²) in [4.78, 5) is 10.6. The number of ether oxygens (including phenoxy) is 2. The van der Waals surface area contributed by atoms with Crippen LogP contribution in [0.5, 0.6) is 11.5 Å². The van der Waals surface area contributed by atoms with Gasteiger partial charge < -0.3 is 9.47 Å². The normalized spacial score (nSPS) is 20.9. The van der Waals surface area contributed by atoms with Crippen LogP contribution in [0.1, 0.15) is 66.7 Å². The molecule has 2 fully saturated rings. The van der Waals surface area contributed by atoms with Gasteiger partial charge in [-0.15, -0.1) is 0 Å². The average Bonchev–Trinajstić information content (AvgIpc) is 3.44. The fourth-order valence-corrected chi connectivity index (χ4v) is 6.41. The van der Waals surface area contributed by atoms with E-state index in [1.807, 2.05) is 23.3 Å². The van der Waals surface area contributed by atoms with Gasteiger partial charge in [-0.05, 0) is 87.0 Å². The van der Waals surface area contributed by atoms with Crippen molar-refractivity contribution in [1.29, 1.82) is 5.26 Å². The molecule has 4 heterocycles. The summed E-state index contributed by atoms with van der Waals surface area (Å²) in [5.41, 5.74) is 3.06. The Hall–Kier alpha value is -4.21. The SMILES string of the molecule is C[C@]1(c2ccc(Cl)c(F)c2)Oc2cccc(C3CCN(Cc4ncc(-c5n[nH]c(C(F)(F)F)n5)cc4CC4(C#N)CC4)CC3)c2O1. The highest BCUT2D eigenvalue weighted by atomic mass is 35.5. The van der Waals surface area contributed by atoms with Crippen LogP contribution in [-0.4, -0.2) is 38.2 Å². The Morgan fingerprint density at radius 3 is 2.59 bits per heavy atom. The van der Waals surface area contributed by atoms with Crippen molar-refractivity contribution in [1.82, 2.24) is 25.1 Å². The minimum absolute atomic E-state index is 0.0277. The van der Waals surface area contributed by atoms with Gasteiger partial charge in [0, 0.05) is 36.4 Å². The number of likely N-dealkylation sites (tertiary alicyclic amines) is 1. The molecule has 0 spiro atoms. The third kappa shape index (κ3) is 5.78. The first-order valence-corrected chi connectivity index (χ1v) is 15.4. The van der Waals surface area contributed by atoms with Gasteiger partial charge in [0.05, 0.1) is 22.2 Å². The molecule has 1 N–H and O–H groups in total. The number of fused-ring (bicyclic) bond motifs is 1. The maximum atomic E-state index is 14.2. The summed E-state index contributed by atoms with van der Waals surface area (Å²) in [5.74, 6) is -1.53. The van der Waals surface area contributed by atoms with Crippen LogP contribution >= 0.6 is 11.6 Å². The van der Waals surface area contributed by atoms with E-state index in [1.54, 1.807) is 19.1 Å². The Morgan fingerprint density at radius 1 is 1.13 bits per heavy atom. The summed E-state index contributed by atoms with van der Waals surface area (Å²) in [6.45, 7) is 3.85. The highest BCUT2D eigenvalue weighted by molar-refractivity contribution is 6.30. The number of pyridine rings is 1. The second-order valence-corrected chi connectivity index (χ2v) is 12.8. The first-order valence-electron chi connectivity index (χ1n) is 15.0. The number of hydrogen-bond acceptors (Lipinski definition) is 7. The van der Waals surface area contributed by atoms with E-state index in [0.29, 0.717) is 35.6 Å². The lowest BCUT2D eigenvalue weighted by Crippen LogP contribution is -2.33. The van der Waals surface area contributed by atoms with Crippen molar-refractivity contribution in [3.8, 4) is 29.0 Å². The van der Waals surface area contributed by atoms with Gasteiger partial charge in [0.15, 0.2) is 17.3 Å². The van der Waals surface area contributed by atoms with E-state index < -0.39 is 29.0 Å². The van der Waals surface area contributed by atoms with Crippen molar-refractivity contribution in [3.05, 3.63) is 87.7 Å². The van der Waals surface area contributed by atoms with Crippen LogP contribution in [0.3, 0.4) is 0 Å². The molecule has 0 radical (unpaired) electrons. The lowest BCUT2D eigenvalue weighted by molar-refractivity contribution is -0.144. The lowest BCUT2D eigenvalue weighted by Gasteiger charge is -2.33. The number of H-pyrrole nitrogens is 1. The monoisotopic (exact) mass is 652 g/mol. The van der Waals surface area contributed by atoms with Crippen LogP contribution < -0.4 is 9.47 Å². The summed E-state index contributed by atoms with van der Waals surface area (Å²) in [6, 6.07) is 14.5. The lowest BCUT2D eigenvalue weighted by atomic mass is 9.88. The molecule has 1 aliphatic carbocycles. The molecule has 0 bridgehead atoms. The number of alkyl halides is 3. The minimum atomic E-state index is -4.64. The van der Waals surface area contributed by atoms with E-state index in [9.17, 15) is 22.8 Å². The molecule has 2 aromatic carbocycles. The molecule has 0 amide bonds. The number of hydrogen-bond donors (Lipinski definition) is 1. The zero-order valence-corrected chi connectivity index (χ0v) is 25.6. The fraction of sp³-hybridized carbons (Fsp3) is 0.394. The third-order valence-corrected chi connectivity index (χ3v) is 9.45. The molecule has 2 aromatic heterocycles. The summed E-state index contributed by atoms with van der Waals surface area (Å²) < 4.78 is 66.1. The topological polar surface area (TPSA) is 100.0 Å². The largest absolute Gasteiger partial charge is 0.451 e. The van der Waals surface area contributed by atoms with Crippen molar-refractivity contribution in [2.75, 3.05) is 13.1 Å². The molecular formula is C33H29ClF4N6O2. The third-order valence-electron chi connectivity index (χ3n) is 9.15. The molecule has 4 aromatic rings. The van der Waals surface area contributed by atoms with Gasteiger partial charge in [0.1, 0.15) is 5.82 Å². The Bertz CT molecular complexity index is 1840. The zero-order chi connectivity index (χ0) is 32.3. The van der Waals surface area contributed by atoms with E-state index in [-0.39, 0.29) is 16.8 Å². The van der Waals surface area contributed by atoms with E-state index in [0.717, 1.165) is 55.6 Å². The van der Waals surface area contributed by atoms with Crippen LogP contribution in [0, 0.1) is 22.6 Å². The Kier molecular flexibility index (Phi) is 7.44. The molecule has 1 saturated carbocycles. The molecule has 1 atom stereocenters. The molecule has 238 valence electrons. The van der Waals surface area contributed by atoms with Gasteiger partial charge >= 0.3 is 6.18 Å². The summed E-state index contributed by atoms with van der Waals surface area (Å²) >= 11 is 5.89. The first kappa shape index (κ1) is 30.4. The quantitative estimate of drug-likeness (QED) is 0.206. The molecule has 3 aliphatic rings. The summed E-state index contributed by atoms with van der Waals surface area (Å²) in [6.07, 6.45) is 0.568. The molecule has 0 unspecified atom stereocenters. The predicted molar refractivity (Wildman–Crippen MR) is 159 cm³/mol. The number of para-hydroxylation sites is 1. The Morgan fingerprint density at radius 2 is 1.91 bits per heavy atom. The smallest absolute Gasteiger partial charge is 0.445 e. The van der Waals surface area contributed by atoms with E-state index >= 15 is 0 Å². The number of piperidine rings is 1. The maximum Gasteiger partial charge on any atom is 0.451 e. The fourth-order valence-electron chi connectivity index (χ4n) is 6.30. The Balaban J connectivity index is 1.06. The van der Waals surface area contributed by atoms with Crippen LogP contribution in [0.15, 0.2) is 48.7 Å². The van der Waals surface area contributed by atoms with Crippen molar-refractivity contribution in [2.45, 2.75) is 63.5 Å². The number of halogens is 5. The number of nitrogens with zero attached hydrogens (tertiary/aromatic N) is 5. The molecule has 46 heavy (non-hydrogen) atoms. The van der Waals surface area contributed by atoms with Gasteiger partial charge in [0.25, 0.3) is 5.79 Å². The van der Waals surface area contributed by atoms with Crippen LogP contribution in [-0.2, 0) is 24.9 Å². The number of benzene rings is 2. The van der Waals surface area contributed by atoms with Gasteiger partial charge in [0.2, 0.25) is 5.82 Å². The van der Waals surface area contributed by atoms with Gasteiger partial charge in [-0.1, -0.05) is 23.7 Å². The number of nitrogens with one attached hydrogen (secondary N) is 1. The second kappa shape index (κ2) is 11.2. The van der Waals surface area contributed by atoms with Gasteiger partial charge in [-0.3, -0.25) is 15.0 Å². The van der Waals surface area contributed by atoms with Crippen molar-refractivity contribution >= 4 is 11.6 Å². The number of nitriles is 1. The molecule has 2 aliphatic heterocycles. The average molecular weight is 653 g/mol.